The number of benzene rings is 2. The number of hydrogen-bond acceptors (Lipinski definition) is 4. The zero-order valence-electron chi connectivity index (χ0n) is 18.0. The smallest absolute Gasteiger partial charge is 0.225 e. The molecule has 0 bridgehead atoms. The van der Waals surface area contributed by atoms with Gasteiger partial charge < -0.3 is 10.2 Å². The molecule has 1 saturated heterocycles. The van der Waals surface area contributed by atoms with E-state index in [1.54, 1.807) is 18.3 Å². The highest BCUT2D eigenvalue weighted by atomic mass is 19.1. The molecule has 0 spiro atoms. The zero-order chi connectivity index (χ0) is 21.9. The maximum atomic E-state index is 13.6. The summed E-state index contributed by atoms with van der Waals surface area (Å²) in [6.07, 6.45) is 6.67. The van der Waals surface area contributed by atoms with Crippen molar-refractivity contribution >= 4 is 11.7 Å². The average Bonchev–Trinajstić information content (AvgIpc) is 2.84. The fourth-order valence-corrected chi connectivity index (χ4v) is 4.88. The summed E-state index contributed by atoms with van der Waals surface area (Å²) >= 11 is 0. The molecule has 6 heteroatoms. The highest BCUT2D eigenvalue weighted by Crippen LogP contribution is 2.31. The third kappa shape index (κ3) is 4.35. The third-order valence-corrected chi connectivity index (χ3v) is 6.53. The summed E-state index contributed by atoms with van der Waals surface area (Å²) in [5.41, 5.74) is 3.25. The van der Waals surface area contributed by atoms with Crippen LogP contribution in [0.15, 0.2) is 60.8 Å². The van der Waals surface area contributed by atoms with Gasteiger partial charge in [-0.2, -0.15) is 0 Å². The Balaban J connectivity index is 1.29. The Labute approximate surface area is 187 Å². The summed E-state index contributed by atoms with van der Waals surface area (Å²) in [5.74, 6) is 1.00. The lowest BCUT2D eigenvalue weighted by Crippen LogP contribution is -2.44. The molecule has 2 atom stereocenters. The lowest BCUT2D eigenvalue weighted by atomic mass is 9.87. The molecule has 2 aromatic carbocycles. The van der Waals surface area contributed by atoms with Crippen LogP contribution < -0.4 is 10.2 Å². The number of nitrogens with zero attached hydrogens (tertiary/aromatic N) is 3. The van der Waals surface area contributed by atoms with Crippen molar-refractivity contribution in [3.63, 3.8) is 0 Å². The van der Waals surface area contributed by atoms with Crippen LogP contribution in [-0.4, -0.2) is 29.0 Å². The number of rotatable bonds is 4. The van der Waals surface area contributed by atoms with E-state index in [0.29, 0.717) is 17.9 Å². The Kier molecular flexibility index (Phi) is 5.84. The first kappa shape index (κ1) is 20.6. The summed E-state index contributed by atoms with van der Waals surface area (Å²) in [6, 6.07) is 16.7. The number of aromatic nitrogens is 2. The van der Waals surface area contributed by atoms with Gasteiger partial charge in [0.05, 0.1) is 12.0 Å². The van der Waals surface area contributed by atoms with Crippen LogP contribution in [-0.2, 0) is 11.2 Å². The van der Waals surface area contributed by atoms with Crippen LogP contribution in [0.2, 0.25) is 0 Å². The molecule has 1 fully saturated rings. The van der Waals surface area contributed by atoms with E-state index in [1.807, 2.05) is 6.07 Å². The molecule has 32 heavy (non-hydrogen) atoms. The van der Waals surface area contributed by atoms with Gasteiger partial charge in [-0.25, -0.2) is 14.4 Å². The Morgan fingerprint density at radius 3 is 2.88 bits per heavy atom. The van der Waals surface area contributed by atoms with Gasteiger partial charge in [0, 0.05) is 24.8 Å². The number of fused-ring (bicyclic) bond motifs is 1. The van der Waals surface area contributed by atoms with E-state index in [0.717, 1.165) is 44.5 Å². The largest absolute Gasteiger partial charge is 0.356 e. The van der Waals surface area contributed by atoms with E-state index < -0.39 is 0 Å². The summed E-state index contributed by atoms with van der Waals surface area (Å²) in [4.78, 5) is 24.3. The second-order valence-corrected chi connectivity index (χ2v) is 8.69. The van der Waals surface area contributed by atoms with E-state index in [9.17, 15) is 9.18 Å². The standard InChI is InChI=1S/C26H27FN4O/c27-21-10-3-8-19(16-21)25-28-14-13-24(30-25)31-15-5-9-20(17-31)26(32)29-23-12-4-7-18-6-1-2-11-22(18)23/h1-3,6,8,10-11,13-14,16,20,23H,4-5,7,9,12,15,17H2,(H,29,32). The molecule has 5 nitrogen and oxygen atoms in total. The Bertz CT molecular complexity index is 1120. The number of halogens is 1. The van der Waals surface area contributed by atoms with Crippen molar-refractivity contribution in [2.24, 2.45) is 5.92 Å². The minimum Gasteiger partial charge on any atom is -0.356 e. The molecule has 1 aliphatic heterocycles. The van der Waals surface area contributed by atoms with E-state index in [-0.39, 0.29) is 23.7 Å². The van der Waals surface area contributed by atoms with Crippen molar-refractivity contribution in [3.8, 4) is 11.4 Å². The summed E-state index contributed by atoms with van der Waals surface area (Å²) in [6.45, 7) is 1.47. The number of nitrogens with one attached hydrogen (secondary N) is 1. The Morgan fingerprint density at radius 2 is 1.97 bits per heavy atom. The van der Waals surface area contributed by atoms with E-state index in [1.165, 1.54) is 23.3 Å². The monoisotopic (exact) mass is 430 g/mol. The van der Waals surface area contributed by atoms with Crippen LogP contribution in [0.1, 0.15) is 42.9 Å². The normalized spacial score (nSPS) is 20.5. The minimum absolute atomic E-state index is 0.0783. The van der Waals surface area contributed by atoms with Crippen molar-refractivity contribution in [2.75, 3.05) is 18.0 Å². The molecular weight excluding hydrogens is 403 g/mol. The molecule has 3 aromatic rings. The molecule has 1 N–H and O–H groups in total. The topological polar surface area (TPSA) is 58.1 Å². The van der Waals surface area contributed by atoms with Crippen molar-refractivity contribution in [1.29, 1.82) is 0 Å². The Hall–Kier alpha value is -3.28. The van der Waals surface area contributed by atoms with Crippen molar-refractivity contribution in [3.05, 3.63) is 77.7 Å². The number of piperidine rings is 1. The number of amides is 1. The first-order valence-electron chi connectivity index (χ1n) is 11.4. The molecule has 1 aromatic heterocycles. The van der Waals surface area contributed by atoms with Gasteiger partial charge in [0.1, 0.15) is 11.6 Å². The molecule has 2 aliphatic rings. The average molecular weight is 431 g/mol. The predicted molar refractivity (Wildman–Crippen MR) is 123 cm³/mol. The van der Waals surface area contributed by atoms with Gasteiger partial charge in [0.2, 0.25) is 5.91 Å². The highest BCUT2D eigenvalue weighted by molar-refractivity contribution is 5.80. The van der Waals surface area contributed by atoms with Crippen LogP contribution in [0.4, 0.5) is 10.2 Å². The molecule has 2 unspecified atom stereocenters. The first-order chi connectivity index (χ1) is 15.7. The molecule has 1 amide bonds. The fourth-order valence-electron chi connectivity index (χ4n) is 4.88. The van der Waals surface area contributed by atoms with Crippen molar-refractivity contribution in [2.45, 2.75) is 38.1 Å². The quantitative estimate of drug-likeness (QED) is 0.652. The fraction of sp³-hybridized carbons (Fsp3) is 0.346. The summed E-state index contributed by atoms with van der Waals surface area (Å²) < 4.78 is 13.6. The number of aryl methyl sites for hydroxylation is 1. The Morgan fingerprint density at radius 1 is 1.06 bits per heavy atom. The molecule has 1 aliphatic carbocycles. The second-order valence-electron chi connectivity index (χ2n) is 8.69. The molecular formula is C26H27FN4O. The van der Waals surface area contributed by atoms with Gasteiger partial charge in [-0.1, -0.05) is 36.4 Å². The van der Waals surface area contributed by atoms with Crippen LogP contribution in [0.5, 0.6) is 0 Å². The highest BCUT2D eigenvalue weighted by Gasteiger charge is 2.29. The van der Waals surface area contributed by atoms with Gasteiger partial charge in [-0.15, -0.1) is 0 Å². The van der Waals surface area contributed by atoms with Crippen LogP contribution in [0.25, 0.3) is 11.4 Å². The zero-order valence-corrected chi connectivity index (χ0v) is 18.0. The number of carbonyl (C=O) groups excluding carboxylic acids is 1. The maximum Gasteiger partial charge on any atom is 0.225 e. The molecule has 2 heterocycles. The van der Waals surface area contributed by atoms with E-state index >= 15 is 0 Å². The molecule has 0 saturated carbocycles. The molecule has 5 rings (SSSR count). The van der Waals surface area contributed by atoms with Crippen molar-refractivity contribution in [1.82, 2.24) is 15.3 Å². The number of anilines is 1. The lowest BCUT2D eigenvalue weighted by molar-refractivity contribution is -0.126. The van der Waals surface area contributed by atoms with Gasteiger partial charge in [0.25, 0.3) is 0 Å². The SMILES string of the molecule is O=C(NC1CCCc2ccccc21)C1CCCN(c2ccnc(-c3cccc(F)c3)n2)C1. The van der Waals surface area contributed by atoms with Crippen molar-refractivity contribution < 1.29 is 9.18 Å². The van der Waals surface area contributed by atoms with Crippen LogP contribution >= 0.6 is 0 Å². The number of carbonyl (C=O) groups is 1. The number of hydrogen-bond donors (Lipinski definition) is 1. The summed E-state index contributed by atoms with van der Waals surface area (Å²) in [5, 5.41) is 3.32. The van der Waals surface area contributed by atoms with Gasteiger partial charge in [-0.05, 0) is 61.4 Å². The van der Waals surface area contributed by atoms with Crippen LogP contribution in [0.3, 0.4) is 0 Å². The second kappa shape index (κ2) is 9.07. The van der Waals surface area contributed by atoms with Crippen LogP contribution in [0, 0.1) is 11.7 Å². The minimum atomic E-state index is -0.310. The molecule has 0 radical (unpaired) electrons. The van der Waals surface area contributed by atoms with Gasteiger partial charge in [-0.3, -0.25) is 4.79 Å². The summed E-state index contributed by atoms with van der Waals surface area (Å²) in [7, 11) is 0. The van der Waals surface area contributed by atoms with E-state index in [4.69, 9.17) is 0 Å². The van der Waals surface area contributed by atoms with Gasteiger partial charge >= 0.3 is 0 Å². The van der Waals surface area contributed by atoms with E-state index in [2.05, 4.69) is 44.5 Å². The maximum absolute atomic E-state index is 13.6. The molecule has 164 valence electrons. The first-order valence-corrected chi connectivity index (χ1v) is 11.4. The predicted octanol–water partition coefficient (Wildman–Crippen LogP) is 4.69. The van der Waals surface area contributed by atoms with Gasteiger partial charge in [0.15, 0.2) is 5.82 Å². The lowest BCUT2D eigenvalue weighted by Gasteiger charge is -2.34. The third-order valence-electron chi connectivity index (χ3n) is 6.53.